The predicted octanol–water partition coefficient (Wildman–Crippen LogP) is 4.24. The van der Waals surface area contributed by atoms with E-state index in [0.29, 0.717) is 22.3 Å². The maximum absolute atomic E-state index is 12.9. The number of phenolic OH excluding ortho intramolecular Hbond substituents is 1. The summed E-state index contributed by atoms with van der Waals surface area (Å²) in [6.45, 7) is 0. The molecule has 0 fully saturated rings. The Morgan fingerprint density at radius 1 is 0.912 bits per heavy atom. The SMILES string of the molecule is N#Cc1ccc(CS(=O)(=O)CC(=O)NC(c2ccccc2)c2c(O)ccc3ccccc23)cc1. The summed E-state index contributed by atoms with van der Waals surface area (Å²) in [4.78, 5) is 12.9. The number of carbonyl (C=O) groups is 1. The van der Waals surface area contributed by atoms with Gasteiger partial charge in [0.25, 0.3) is 0 Å². The number of nitrogens with one attached hydrogen (secondary N) is 1. The second kappa shape index (κ2) is 9.77. The summed E-state index contributed by atoms with van der Waals surface area (Å²) in [5, 5.41) is 24.1. The molecule has 1 atom stereocenters. The molecule has 4 aromatic carbocycles. The van der Waals surface area contributed by atoms with Crippen molar-refractivity contribution >= 4 is 26.5 Å². The number of hydrogen-bond acceptors (Lipinski definition) is 5. The maximum Gasteiger partial charge on any atom is 0.235 e. The van der Waals surface area contributed by atoms with Crippen molar-refractivity contribution < 1.29 is 18.3 Å². The largest absolute Gasteiger partial charge is 0.508 e. The fourth-order valence-corrected chi connectivity index (χ4v) is 5.22. The molecule has 6 nitrogen and oxygen atoms in total. The molecule has 170 valence electrons. The number of rotatable bonds is 7. The van der Waals surface area contributed by atoms with Gasteiger partial charge in [-0.05, 0) is 40.1 Å². The molecule has 1 unspecified atom stereocenters. The van der Waals surface area contributed by atoms with Crippen LogP contribution in [0.25, 0.3) is 10.8 Å². The molecular formula is C27H22N2O4S. The summed E-state index contributed by atoms with van der Waals surface area (Å²) in [6, 6.07) is 27.4. The summed E-state index contributed by atoms with van der Waals surface area (Å²) < 4.78 is 25.4. The molecule has 0 bridgehead atoms. The highest BCUT2D eigenvalue weighted by Gasteiger charge is 2.25. The molecule has 2 N–H and O–H groups in total. The first-order chi connectivity index (χ1) is 16.4. The Morgan fingerprint density at radius 2 is 1.59 bits per heavy atom. The lowest BCUT2D eigenvalue weighted by molar-refractivity contribution is -0.119. The molecule has 4 aromatic rings. The Hall–Kier alpha value is -4.15. The number of benzene rings is 4. The van der Waals surface area contributed by atoms with Gasteiger partial charge >= 0.3 is 0 Å². The fraction of sp³-hybridized carbons (Fsp3) is 0.111. The van der Waals surface area contributed by atoms with Crippen LogP contribution in [-0.4, -0.2) is 25.2 Å². The molecular weight excluding hydrogens is 448 g/mol. The highest BCUT2D eigenvalue weighted by Crippen LogP contribution is 2.35. The lowest BCUT2D eigenvalue weighted by Crippen LogP contribution is -2.34. The minimum Gasteiger partial charge on any atom is -0.508 e. The number of phenols is 1. The van der Waals surface area contributed by atoms with Crippen molar-refractivity contribution in [2.45, 2.75) is 11.8 Å². The number of amides is 1. The highest BCUT2D eigenvalue weighted by molar-refractivity contribution is 7.91. The van der Waals surface area contributed by atoms with Crippen LogP contribution in [0, 0.1) is 11.3 Å². The van der Waals surface area contributed by atoms with Gasteiger partial charge in [0.05, 0.1) is 23.4 Å². The van der Waals surface area contributed by atoms with Gasteiger partial charge in [-0.15, -0.1) is 0 Å². The molecule has 34 heavy (non-hydrogen) atoms. The van der Waals surface area contributed by atoms with Gasteiger partial charge < -0.3 is 10.4 Å². The maximum atomic E-state index is 12.9. The number of nitriles is 1. The Kier molecular flexibility index (Phi) is 6.62. The zero-order valence-corrected chi connectivity index (χ0v) is 19.0. The topological polar surface area (TPSA) is 107 Å². The zero-order chi connectivity index (χ0) is 24.1. The first-order valence-corrected chi connectivity index (χ1v) is 12.4. The predicted molar refractivity (Wildman–Crippen MR) is 131 cm³/mol. The van der Waals surface area contributed by atoms with Crippen LogP contribution in [0.1, 0.15) is 28.3 Å². The summed E-state index contributed by atoms with van der Waals surface area (Å²) >= 11 is 0. The van der Waals surface area contributed by atoms with Crippen LogP contribution < -0.4 is 5.32 Å². The van der Waals surface area contributed by atoms with Gasteiger partial charge in [-0.2, -0.15) is 5.26 Å². The van der Waals surface area contributed by atoms with Crippen LogP contribution in [0.3, 0.4) is 0 Å². The number of hydrogen-bond donors (Lipinski definition) is 2. The van der Waals surface area contributed by atoms with E-state index < -0.39 is 27.5 Å². The number of carbonyl (C=O) groups excluding carboxylic acids is 1. The second-order valence-corrected chi connectivity index (χ2v) is 10.0. The van der Waals surface area contributed by atoms with Crippen LogP contribution in [0.4, 0.5) is 0 Å². The zero-order valence-electron chi connectivity index (χ0n) is 18.2. The number of aromatic hydroxyl groups is 1. The van der Waals surface area contributed by atoms with Crippen LogP contribution in [0.2, 0.25) is 0 Å². The minimum absolute atomic E-state index is 0.00768. The Morgan fingerprint density at radius 3 is 2.29 bits per heavy atom. The molecule has 1 amide bonds. The summed E-state index contributed by atoms with van der Waals surface area (Å²) in [5.74, 6) is -1.69. The van der Waals surface area contributed by atoms with Crippen molar-refractivity contribution in [2.75, 3.05) is 5.75 Å². The highest BCUT2D eigenvalue weighted by atomic mass is 32.2. The van der Waals surface area contributed by atoms with Gasteiger partial charge in [-0.1, -0.05) is 72.8 Å². The Labute approximate surface area is 198 Å². The smallest absolute Gasteiger partial charge is 0.235 e. The van der Waals surface area contributed by atoms with Crippen LogP contribution in [-0.2, 0) is 20.4 Å². The fourth-order valence-electron chi connectivity index (χ4n) is 3.94. The van der Waals surface area contributed by atoms with Crippen LogP contribution in [0.15, 0.2) is 91.0 Å². The molecule has 0 radical (unpaired) electrons. The molecule has 0 aliphatic heterocycles. The molecule has 0 aliphatic carbocycles. The van der Waals surface area contributed by atoms with E-state index in [9.17, 15) is 18.3 Å². The minimum atomic E-state index is -3.77. The normalized spacial score (nSPS) is 12.1. The summed E-state index contributed by atoms with van der Waals surface area (Å²) in [5.41, 5.74) is 2.15. The standard InChI is InChI=1S/C27H22N2O4S/c28-16-19-10-12-20(13-11-19)17-34(32,33)18-25(31)29-27(22-7-2-1-3-8-22)26-23-9-5-4-6-21(23)14-15-24(26)30/h1-15,27,30H,17-18H2,(H,29,31). The molecule has 0 heterocycles. The molecule has 4 rings (SSSR count). The van der Waals surface area contributed by atoms with E-state index in [1.165, 1.54) is 0 Å². The average molecular weight is 471 g/mol. The number of fused-ring (bicyclic) bond motifs is 1. The van der Waals surface area contributed by atoms with Crippen molar-refractivity contribution in [2.24, 2.45) is 0 Å². The van der Waals surface area contributed by atoms with Gasteiger partial charge in [0, 0.05) is 5.56 Å². The van der Waals surface area contributed by atoms with Crippen molar-refractivity contribution in [3.63, 3.8) is 0 Å². The number of sulfone groups is 1. The molecule has 0 saturated heterocycles. The molecule has 0 saturated carbocycles. The quantitative estimate of drug-likeness (QED) is 0.420. The molecule has 7 heteroatoms. The molecule has 0 aromatic heterocycles. The van der Waals surface area contributed by atoms with Crippen molar-refractivity contribution in [1.82, 2.24) is 5.32 Å². The van der Waals surface area contributed by atoms with Crippen LogP contribution in [0.5, 0.6) is 5.75 Å². The monoisotopic (exact) mass is 470 g/mol. The second-order valence-electron chi connectivity index (χ2n) is 7.97. The first-order valence-electron chi connectivity index (χ1n) is 10.6. The van der Waals surface area contributed by atoms with E-state index in [-0.39, 0.29) is 11.5 Å². The van der Waals surface area contributed by atoms with E-state index in [2.05, 4.69) is 5.32 Å². The van der Waals surface area contributed by atoms with Gasteiger partial charge in [0.15, 0.2) is 9.84 Å². The van der Waals surface area contributed by atoms with Gasteiger partial charge in [0.2, 0.25) is 5.91 Å². The molecule has 0 spiro atoms. The van der Waals surface area contributed by atoms with Gasteiger partial charge in [-0.3, -0.25) is 4.79 Å². The molecule has 0 aliphatic rings. The van der Waals surface area contributed by atoms with E-state index in [4.69, 9.17) is 5.26 Å². The Balaban J connectivity index is 1.62. The van der Waals surface area contributed by atoms with Crippen molar-refractivity contribution in [3.05, 3.63) is 113 Å². The average Bonchev–Trinajstić information content (AvgIpc) is 2.83. The number of nitrogens with zero attached hydrogens (tertiary/aromatic N) is 1. The summed E-state index contributed by atoms with van der Waals surface area (Å²) in [6.07, 6.45) is 0. The van der Waals surface area contributed by atoms with Crippen LogP contribution >= 0.6 is 0 Å². The summed E-state index contributed by atoms with van der Waals surface area (Å²) in [7, 11) is -3.77. The van der Waals surface area contributed by atoms with Crippen molar-refractivity contribution in [1.29, 1.82) is 5.26 Å². The Bertz CT molecular complexity index is 1480. The lowest BCUT2D eigenvalue weighted by atomic mass is 9.92. The van der Waals surface area contributed by atoms with E-state index >= 15 is 0 Å². The first kappa shape index (κ1) is 23.0. The van der Waals surface area contributed by atoms with Crippen molar-refractivity contribution in [3.8, 4) is 11.8 Å². The van der Waals surface area contributed by atoms with E-state index in [1.54, 1.807) is 36.4 Å². The third-order valence-electron chi connectivity index (χ3n) is 5.50. The van der Waals surface area contributed by atoms with E-state index in [0.717, 1.165) is 10.8 Å². The van der Waals surface area contributed by atoms with E-state index in [1.807, 2.05) is 60.7 Å². The third-order valence-corrected chi connectivity index (χ3v) is 6.97. The third kappa shape index (κ3) is 5.25. The lowest BCUT2D eigenvalue weighted by Gasteiger charge is -2.22. The van der Waals surface area contributed by atoms with Gasteiger partial charge in [-0.25, -0.2) is 8.42 Å². The van der Waals surface area contributed by atoms with Gasteiger partial charge in [0.1, 0.15) is 11.5 Å².